The Hall–Kier alpha value is -2.23. The molecule has 0 unspecified atom stereocenters. The molecule has 1 aromatic heterocycles. The molecule has 0 fully saturated rings. The molecule has 1 rings (SSSR count). The largest absolute Gasteiger partial charge is 0.410 e. The average Bonchev–Trinajstić information content (AvgIpc) is 2.46. The van der Waals surface area contributed by atoms with E-state index < -0.39 is 10.7 Å². The highest BCUT2D eigenvalue weighted by Crippen LogP contribution is 2.13. The molecule has 0 N–H and O–H groups in total. The quantitative estimate of drug-likeness (QED) is 0.396. The second-order valence-corrected chi connectivity index (χ2v) is 2.70. The standard InChI is InChI=1S/C7H7N5O2/c1-5(2)9-11-4-6(3-8)7(10-11)12(13)14/h4H,1-2H3. The summed E-state index contributed by atoms with van der Waals surface area (Å²) in [4.78, 5) is 10.7. The van der Waals surface area contributed by atoms with Crippen molar-refractivity contribution >= 4 is 11.5 Å². The third-order valence-corrected chi connectivity index (χ3v) is 1.28. The lowest BCUT2D eigenvalue weighted by atomic mass is 10.4. The van der Waals surface area contributed by atoms with E-state index in [9.17, 15) is 10.1 Å². The van der Waals surface area contributed by atoms with Gasteiger partial charge >= 0.3 is 5.82 Å². The minimum atomic E-state index is -0.713. The highest BCUT2D eigenvalue weighted by Gasteiger charge is 2.20. The van der Waals surface area contributed by atoms with Crippen molar-refractivity contribution in [2.75, 3.05) is 0 Å². The zero-order chi connectivity index (χ0) is 10.7. The number of nitro groups is 1. The van der Waals surface area contributed by atoms with E-state index in [4.69, 9.17) is 5.26 Å². The lowest BCUT2D eigenvalue weighted by molar-refractivity contribution is -0.390. The molecule has 0 spiro atoms. The molecule has 0 saturated carbocycles. The van der Waals surface area contributed by atoms with Crippen molar-refractivity contribution in [3.05, 3.63) is 21.9 Å². The summed E-state index contributed by atoms with van der Waals surface area (Å²) in [6.45, 7) is 3.44. The molecule has 0 aliphatic rings. The van der Waals surface area contributed by atoms with E-state index in [-0.39, 0.29) is 5.56 Å². The molecule has 0 atom stereocenters. The molecular weight excluding hydrogens is 186 g/mol. The van der Waals surface area contributed by atoms with Gasteiger partial charge in [0, 0.05) is 5.71 Å². The maximum Gasteiger partial charge on any atom is 0.410 e. The van der Waals surface area contributed by atoms with E-state index in [1.165, 1.54) is 6.20 Å². The fourth-order valence-corrected chi connectivity index (χ4v) is 0.823. The Morgan fingerprint density at radius 3 is 2.79 bits per heavy atom. The molecule has 1 aromatic rings. The number of hydrogen-bond donors (Lipinski definition) is 0. The van der Waals surface area contributed by atoms with Crippen LogP contribution >= 0.6 is 0 Å². The summed E-state index contributed by atoms with van der Waals surface area (Å²) < 4.78 is 0. The van der Waals surface area contributed by atoms with Crippen molar-refractivity contribution < 1.29 is 4.92 Å². The van der Waals surface area contributed by atoms with Gasteiger partial charge < -0.3 is 10.1 Å². The summed E-state index contributed by atoms with van der Waals surface area (Å²) in [6.07, 6.45) is 1.21. The van der Waals surface area contributed by atoms with Crippen LogP contribution in [0.1, 0.15) is 19.4 Å². The lowest BCUT2D eigenvalue weighted by Crippen LogP contribution is -1.95. The maximum absolute atomic E-state index is 10.4. The molecule has 0 aromatic carbocycles. The predicted molar refractivity (Wildman–Crippen MR) is 47.8 cm³/mol. The Morgan fingerprint density at radius 2 is 2.43 bits per heavy atom. The molecule has 0 aliphatic carbocycles. The van der Waals surface area contributed by atoms with Gasteiger partial charge in [-0.05, 0) is 18.8 Å². The summed E-state index contributed by atoms with van der Waals surface area (Å²) in [5.74, 6) is -0.475. The SMILES string of the molecule is CC(C)=Nn1cc(C#N)c([N+](=O)[O-])n1. The van der Waals surface area contributed by atoms with Gasteiger partial charge in [-0.15, -0.1) is 5.10 Å². The molecule has 0 radical (unpaired) electrons. The summed E-state index contributed by atoms with van der Waals surface area (Å²) in [5, 5.41) is 26.3. The molecule has 0 aliphatic heterocycles. The van der Waals surface area contributed by atoms with Gasteiger partial charge in [-0.25, -0.2) is 0 Å². The zero-order valence-electron chi connectivity index (χ0n) is 7.63. The molecule has 7 heteroatoms. The molecule has 7 nitrogen and oxygen atoms in total. The van der Waals surface area contributed by atoms with Crippen LogP contribution in [-0.4, -0.2) is 20.5 Å². The van der Waals surface area contributed by atoms with Gasteiger partial charge in [-0.3, -0.25) is 0 Å². The second-order valence-electron chi connectivity index (χ2n) is 2.70. The van der Waals surface area contributed by atoms with E-state index in [0.717, 1.165) is 4.79 Å². The Kier molecular flexibility index (Phi) is 2.57. The average molecular weight is 193 g/mol. The van der Waals surface area contributed by atoms with Crippen molar-refractivity contribution in [3.8, 4) is 6.07 Å². The summed E-state index contributed by atoms with van der Waals surface area (Å²) in [5.41, 5.74) is 0.590. The van der Waals surface area contributed by atoms with E-state index in [2.05, 4.69) is 10.2 Å². The lowest BCUT2D eigenvalue weighted by Gasteiger charge is -1.85. The fraction of sp³-hybridized carbons (Fsp3) is 0.286. The van der Waals surface area contributed by atoms with Crippen LogP contribution in [0.3, 0.4) is 0 Å². The van der Waals surface area contributed by atoms with Crippen LogP contribution in [0.15, 0.2) is 11.3 Å². The van der Waals surface area contributed by atoms with Crippen molar-refractivity contribution in [2.24, 2.45) is 5.10 Å². The first-order valence-corrected chi connectivity index (χ1v) is 3.71. The van der Waals surface area contributed by atoms with Crippen LogP contribution < -0.4 is 0 Å². The highest BCUT2D eigenvalue weighted by molar-refractivity contribution is 5.78. The van der Waals surface area contributed by atoms with Gasteiger partial charge in [-0.1, -0.05) is 4.79 Å². The number of nitriles is 1. The topological polar surface area (TPSA) is 97.1 Å². The highest BCUT2D eigenvalue weighted by atomic mass is 16.6. The fourth-order valence-electron chi connectivity index (χ4n) is 0.823. The van der Waals surface area contributed by atoms with Crippen LogP contribution in [0.5, 0.6) is 0 Å². The van der Waals surface area contributed by atoms with Crippen LogP contribution in [0, 0.1) is 21.4 Å². The van der Waals surface area contributed by atoms with Crippen LogP contribution in [0.2, 0.25) is 0 Å². The summed E-state index contributed by atoms with van der Waals surface area (Å²) in [6, 6.07) is 1.68. The molecule has 72 valence electrons. The van der Waals surface area contributed by atoms with Crippen molar-refractivity contribution in [3.63, 3.8) is 0 Å². The number of aromatic nitrogens is 2. The van der Waals surface area contributed by atoms with Gasteiger partial charge in [0.25, 0.3) is 0 Å². The monoisotopic (exact) mass is 193 g/mol. The Bertz CT molecular complexity index is 435. The van der Waals surface area contributed by atoms with E-state index in [1.807, 2.05) is 0 Å². The first-order chi connectivity index (χ1) is 6.54. The Labute approximate surface area is 79.4 Å². The van der Waals surface area contributed by atoms with E-state index >= 15 is 0 Å². The van der Waals surface area contributed by atoms with Crippen LogP contribution in [0.4, 0.5) is 5.82 Å². The van der Waals surface area contributed by atoms with Crippen molar-refractivity contribution in [2.45, 2.75) is 13.8 Å². The first-order valence-electron chi connectivity index (χ1n) is 3.71. The Balaban J connectivity index is 3.22. The minimum absolute atomic E-state index is 0.0972. The van der Waals surface area contributed by atoms with Crippen molar-refractivity contribution in [1.29, 1.82) is 5.26 Å². The van der Waals surface area contributed by atoms with Gasteiger partial charge in [0.2, 0.25) is 0 Å². The molecule has 0 amide bonds. The van der Waals surface area contributed by atoms with Crippen LogP contribution in [-0.2, 0) is 0 Å². The van der Waals surface area contributed by atoms with Crippen LogP contribution in [0.25, 0.3) is 0 Å². The molecular formula is C7H7N5O2. The van der Waals surface area contributed by atoms with Gasteiger partial charge in [0.1, 0.15) is 6.07 Å². The molecule has 14 heavy (non-hydrogen) atoms. The van der Waals surface area contributed by atoms with E-state index in [1.54, 1.807) is 19.9 Å². The normalized spacial score (nSPS) is 9.21. The van der Waals surface area contributed by atoms with Gasteiger partial charge in [-0.2, -0.15) is 5.26 Å². The van der Waals surface area contributed by atoms with Crippen molar-refractivity contribution in [1.82, 2.24) is 9.89 Å². The molecule has 1 heterocycles. The number of rotatable bonds is 2. The molecule has 0 saturated heterocycles. The van der Waals surface area contributed by atoms with Gasteiger partial charge in [0.05, 0.1) is 11.3 Å². The van der Waals surface area contributed by atoms with E-state index in [0.29, 0.717) is 5.71 Å². The third-order valence-electron chi connectivity index (χ3n) is 1.28. The predicted octanol–water partition coefficient (Wildman–Crippen LogP) is 0.907. The smallest absolute Gasteiger partial charge is 0.358 e. The second kappa shape index (κ2) is 3.66. The number of nitrogens with zero attached hydrogens (tertiary/aromatic N) is 5. The Morgan fingerprint density at radius 1 is 1.79 bits per heavy atom. The number of hydrogen-bond acceptors (Lipinski definition) is 5. The first kappa shape index (κ1) is 9.85. The minimum Gasteiger partial charge on any atom is -0.358 e. The molecule has 0 bridgehead atoms. The van der Waals surface area contributed by atoms with Gasteiger partial charge in [0.15, 0.2) is 5.56 Å². The zero-order valence-corrected chi connectivity index (χ0v) is 7.63. The third kappa shape index (κ3) is 1.92. The summed E-state index contributed by atoms with van der Waals surface area (Å²) >= 11 is 0. The summed E-state index contributed by atoms with van der Waals surface area (Å²) in [7, 11) is 0. The maximum atomic E-state index is 10.4.